The van der Waals surface area contributed by atoms with E-state index >= 15 is 0 Å². The summed E-state index contributed by atoms with van der Waals surface area (Å²) in [6.07, 6.45) is 5.10. The molecule has 0 saturated carbocycles. The lowest BCUT2D eigenvalue weighted by atomic mass is 10.2. The normalized spacial score (nSPS) is 9.38. The van der Waals surface area contributed by atoms with Gasteiger partial charge in [0.15, 0.2) is 5.15 Å². The van der Waals surface area contributed by atoms with Crippen molar-refractivity contribution in [1.82, 2.24) is 4.98 Å². The van der Waals surface area contributed by atoms with Crippen molar-refractivity contribution in [1.29, 1.82) is 0 Å². The van der Waals surface area contributed by atoms with Gasteiger partial charge in [-0.25, -0.2) is 4.98 Å². The van der Waals surface area contributed by atoms with Crippen LogP contribution in [0.5, 0.6) is 0 Å². The highest BCUT2D eigenvalue weighted by Crippen LogP contribution is 2.25. The maximum Gasteiger partial charge on any atom is 0.154 e. The van der Waals surface area contributed by atoms with Gasteiger partial charge in [0.1, 0.15) is 5.15 Å². The standard InChI is InChI=1S/C9H8Cl2N2/c1-3-4-12-8-6(2)5-7(10)13-9(8)11/h1,5,12H,4H2,2H3. The zero-order valence-corrected chi connectivity index (χ0v) is 8.58. The second-order valence-electron chi connectivity index (χ2n) is 2.49. The van der Waals surface area contributed by atoms with Crippen LogP contribution in [0.1, 0.15) is 5.56 Å². The molecule has 68 valence electrons. The minimum Gasteiger partial charge on any atom is -0.371 e. The van der Waals surface area contributed by atoms with Crippen molar-refractivity contribution in [3.63, 3.8) is 0 Å². The predicted molar refractivity (Wildman–Crippen MR) is 56.3 cm³/mol. The topological polar surface area (TPSA) is 24.9 Å². The van der Waals surface area contributed by atoms with Gasteiger partial charge in [-0.3, -0.25) is 0 Å². The number of hydrogen-bond donors (Lipinski definition) is 1. The highest BCUT2D eigenvalue weighted by molar-refractivity contribution is 6.34. The number of nitrogens with zero attached hydrogens (tertiary/aromatic N) is 1. The third kappa shape index (κ3) is 2.51. The zero-order valence-electron chi connectivity index (χ0n) is 7.06. The molecule has 0 saturated heterocycles. The number of pyridine rings is 1. The summed E-state index contributed by atoms with van der Waals surface area (Å²) in [5.41, 5.74) is 1.67. The van der Waals surface area contributed by atoms with Gasteiger partial charge in [0, 0.05) is 0 Å². The first kappa shape index (κ1) is 10.2. The lowest BCUT2D eigenvalue weighted by Gasteiger charge is -2.08. The van der Waals surface area contributed by atoms with Crippen LogP contribution in [0.2, 0.25) is 10.3 Å². The minimum absolute atomic E-state index is 0.347. The summed E-state index contributed by atoms with van der Waals surface area (Å²) in [6.45, 7) is 2.31. The summed E-state index contributed by atoms with van der Waals surface area (Å²) in [6, 6.07) is 1.73. The van der Waals surface area contributed by atoms with Crippen molar-refractivity contribution in [3.8, 4) is 12.3 Å². The second-order valence-corrected chi connectivity index (χ2v) is 3.23. The van der Waals surface area contributed by atoms with Gasteiger partial charge in [-0.05, 0) is 18.6 Å². The lowest BCUT2D eigenvalue weighted by molar-refractivity contribution is 1.24. The first-order valence-electron chi connectivity index (χ1n) is 3.65. The monoisotopic (exact) mass is 214 g/mol. The van der Waals surface area contributed by atoms with Gasteiger partial charge in [0.2, 0.25) is 0 Å². The molecule has 0 bridgehead atoms. The van der Waals surface area contributed by atoms with Crippen LogP contribution in [0.15, 0.2) is 6.07 Å². The van der Waals surface area contributed by atoms with E-state index < -0.39 is 0 Å². The number of halogens is 2. The van der Waals surface area contributed by atoms with E-state index in [1.807, 2.05) is 6.92 Å². The van der Waals surface area contributed by atoms with Crippen LogP contribution in [0.3, 0.4) is 0 Å². The van der Waals surface area contributed by atoms with Gasteiger partial charge in [-0.2, -0.15) is 0 Å². The molecule has 2 nitrogen and oxygen atoms in total. The number of nitrogens with one attached hydrogen (secondary N) is 1. The van der Waals surface area contributed by atoms with Gasteiger partial charge < -0.3 is 5.32 Å². The van der Waals surface area contributed by atoms with E-state index in [0.717, 1.165) is 11.3 Å². The van der Waals surface area contributed by atoms with E-state index in [9.17, 15) is 0 Å². The summed E-state index contributed by atoms with van der Waals surface area (Å²) < 4.78 is 0. The fourth-order valence-electron chi connectivity index (χ4n) is 0.947. The molecule has 0 spiro atoms. The molecular formula is C9H8Cl2N2. The van der Waals surface area contributed by atoms with Gasteiger partial charge in [0.25, 0.3) is 0 Å². The van der Waals surface area contributed by atoms with Gasteiger partial charge in [-0.15, -0.1) is 6.42 Å². The molecule has 0 aliphatic heterocycles. The summed E-state index contributed by atoms with van der Waals surface area (Å²) >= 11 is 11.5. The Morgan fingerprint density at radius 1 is 1.62 bits per heavy atom. The molecule has 0 aromatic carbocycles. The first-order valence-corrected chi connectivity index (χ1v) is 4.40. The van der Waals surface area contributed by atoms with Crippen molar-refractivity contribution in [2.75, 3.05) is 11.9 Å². The number of terminal acetylenes is 1. The predicted octanol–water partition coefficient (Wildman–Crippen LogP) is 2.74. The maximum absolute atomic E-state index is 5.84. The second kappa shape index (κ2) is 4.36. The van der Waals surface area contributed by atoms with Gasteiger partial charge >= 0.3 is 0 Å². The molecule has 1 aromatic heterocycles. The molecule has 1 heterocycles. The maximum atomic E-state index is 5.84. The van der Waals surface area contributed by atoms with Crippen molar-refractivity contribution in [3.05, 3.63) is 21.9 Å². The van der Waals surface area contributed by atoms with E-state index in [0.29, 0.717) is 16.9 Å². The molecule has 1 N–H and O–H groups in total. The van der Waals surface area contributed by atoms with Gasteiger partial charge in [-0.1, -0.05) is 29.1 Å². The van der Waals surface area contributed by atoms with E-state index in [4.69, 9.17) is 29.6 Å². The molecule has 1 aromatic rings. The molecule has 0 radical (unpaired) electrons. The minimum atomic E-state index is 0.347. The van der Waals surface area contributed by atoms with E-state index in [1.165, 1.54) is 0 Å². The average Bonchev–Trinajstić information content (AvgIpc) is 2.02. The fraction of sp³-hybridized carbons (Fsp3) is 0.222. The number of hydrogen-bond acceptors (Lipinski definition) is 2. The van der Waals surface area contributed by atoms with E-state index in [-0.39, 0.29) is 0 Å². The SMILES string of the molecule is C#CCNc1c(C)cc(Cl)nc1Cl. The lowest BCUT2D eigenvalue weighted by Crippen LogP contribution is -2.02. The first-order chi connectivity index (χ1) is 6.15. The van der Waals surface area contributed by atoms with E-state index in [2.05, 4.69) is 16.2 Å². The molecular weight excluding hydrogens is 207 g/mol. The third-order valence-electron chi connectivity index (χ3n) is 1.51. The summed E-state index contributed by atoms with van der Waals surface area (Å²) in [5.74, 6) is 2.45. The Morgan fingerprint density at radius 2 is 2.31 bits per heavy atom. The Labute approximate surface area is 87.3 Å². The molecule has 0 unspecified atom stereocenters. The van der Waals surface area contributed by atoms with Crippen molar-refractivity contribution in [2.45, 2.75) is 6.92 Å². The van der Waals surface area contributed by atoms with Crippen LogP contribution in [0.25, 0.3) is 0 Å². The Hall–Kier alpha value is -0.910. The van der Waals surface area contributed by atoms with E-state index in [1.54, 1.807) is 6.07 Å². The quantitative estimate of drug-likeness (QED) is 0.606. The third-order valence-corrected chi connectivity index (χ3v) is 1.98. The van der Waals surface area contributed by atoms with Crippen LogP contribution in [-0.2, 0) is 0 Å². The number of aromatic nitrogens is 1. The molecule has 0 fully saturated rings. The van der Waals surface area contributed by atoms with Crippen LogP contribution in [-0.4, -0.2) is 11.5 Å². The van der Waals surface area contributed by atoms with Crippen molar-refractivity contribution >= 4 is 28.9 Å². The molecule has 0 aliphatic carbocycles. The van der Waals surface area contributed by atoms with Crippen LogP contribution in [0.4, 0.5) is 5.69 Å². The van der Waals surface area contributed by atoms with Crippen molar-refractivity contribution in [2.24, 2.45) is 0 Å². The Morgan fingerprint density at radius 3 is 2.85 bits per heavy atom. The zero-order chi connectivity index (χ0) is 9.84. The Bertz CT molecular complexity index is 332. The highest BCUT2D eigenvalue weighted by Gasteiger charge is 2.05. The van der Waals surface area contributed by atoms with Crippen molar-refractivity contribution < 1.29 is 0 Å². The van der Waals surface area contributed by atoms with Crippen LogP contribution in [0, 0.1) is 19.3 Å². The Balaban J connectivity index is 3.00. The molecule has 0 aliphatic rings. The molecule has 1 rings (SSSR count). The molecule has 13 heavy (non-hydrogen) atoms. The van der Waals surface area contributed by atoms with Crippen LogP contribution >= 0.6 is 23.2 Å². The summed E-state index contributed by atoms with van der Waals surface area (Å²) in [5, 5.41) is 3.70. The number of anilines is 1. The summed E-state index contributed by atoms with van der Waals surface area (Å²) in [7, 11) is 0. The largest absolute Gasteiger partial charge is 0.371 e. The smallest absolute Gasteiger partial charge is 0.154 e. The number of aryl methyl sites for hydroxylation is 1. The number of rotatable bonds is 2. The Kier molecular flexibility index (Phi) is 3.41. The van der Waals surface area contributed by atoms with Crippen LogP contribution < -0.4 is 5.32 Å². The molecule has 0 atom stereocenters. The molecule has 0 amide bonds. The van der Waals surface area contributed by atoms with Gasteiger partial charge in [0.05, 0.1) is 12.2 Å². The highest BCUT2D eigenvalue weighted by atomic mass is 35.5. The molecule has 4 heteroatoms. The fourth-order valence-corrected chi connectivity index (χ4v) is 1.55. The summed E-state index contributed by atoms with van der Waals surface area (Å²) in [4.78, 5) is 3.89. The average molecular weight is 215 g/mol.